The number of hydrogen-bond donors (Lipinski definition) is 0. The van der Waals surface area contributed by atoms with E-state index < -0.39 is 108 Å². The Morgan fingerprint density at radius 1 is 0.594 bits per heavy atom. The topological polar surface area (TPSA) is 51.8 Å². The summed E-state index contributed by atoms with van der Waals surface area (Å²) >= 11 is 0. The fraction of sp³-hybridized carbons (Fsp3) is 0.190. The Hall–Kier alpha value is -6.85. The predicted octanol–water partition coefficient (Wildman–Crippen LogP) is 15.6. The van der Waals surface area contributed by atoms with Crippen LogP contribution < -0.4 is 0 Å². The average Bonchev–Trinajstić information content (AvgIpc) is 1.11. The smallest absolute Gasteiger partial charge is 0.500 e. The molecule has 4 nitrogen and oxygen atoms in total. The van der Waals surface area contributed by atoms with E-state index in [1.54, 1.807) is 48.5 Å². The van der Waals surface area contributed by atoms with E-state index in [1.807, 2.05) is 0 Å². The van der Waals surface area contributed by atoms with Gasteiger partial charge in [-0.3, -0.25) is 0 Å². The zero-order valence-electron chi connectivity index (χ0n) is 56.7. The summed E-state index contributed by atoms with van der Waals surface area (Å²) < 4.78 is 198. The minimum atomic E-state index is -3.32. The molecule has 0 spiro atoms. The molecule has 4 aromatic heterocycles. The molecule has 342 valence electrons. The molecule has 0 saturated heterocycles. The molecule has 0 N–H and O–H groups in total. The van der Waals surface area contributed by atoms with Crippen LogP contribution in [-0.2, 0) is 58.3 Å². The second-order valence-electron chi connectivity index (χ2n) is 16.3. The summed E-state index contributed by atoms with van der Waals surface area (Å²) in [4.78, 5) is 13.4. The molecule has 6 heteroatoms. The molecule has 69 heavy (non-hydrogen) atoms. The van der Waals surface area contributed by atoms with Gasteiger partial charge in [0.15, 0.2) is 0 Å². The van der Waals surface area contributed by atoms with Crippen molar-refractivity contribution in [3.63, 3.8) is 0 Å². The Bertz CT molecular complexity index is 4170. The van der Waals surface area contributed by atoms with Gasteiger partial charge < -0.3 is 19.4 Å². The maximum Gasteiger partial charge on any atom is 3.00 e. The molecule has 10 aromatic rings. The molecule has 0 atom stereocenters. The average molecular weight is 1100 g/mol. The Labute approximate surface area is 445 Å². The Balaban J connectivity index is 0.00000922. The normalized spacial score (nSPS) is 17.0. The molecule has 10 rings (SSSR count). The van der Waals surface area contributed by atoms with Crippen LogP contribution in [0.4, 0.5) is 4.39 Å². The number of hydrogen-bond acceptors (Lipinski definition) is 4. The molecule has 0 aliphatic rings. The number of rotatable bonds is 15. The fourth-order valence-electron chi connectivity index (χ4n) is 7.78. The molecule has 0 amide bonds. The van der Waals surface area contributed by atoms with Gasteiger partial charge in [0.25, 0.3) is 0 Å². The van der Waals surface area contributed by atoms with Gasteiger partial charge in [0, 0.05) is 48.7 Å². The van der Waals surface area contributed by atoms with Gasteiger partial charge in [0.1, 0.15) is 11.4 Å². The first-order valence-electron chi connectivity index (χ1n) is 31.2. The first-order valence-corrected chi connectivity index (χ1v) is 21.7. The SMILES string of the molecule is [2H]c1c([2H])c([2H])c(-c2ccc3oc4c(-c5ccc(C([2H])([2H])C([2H])([2H])c6cc(C([2H])([2H])C([2H])([2H])c7cnc(-c8[c-]cccc8)cc7C([2H])(C)C)cc(C([2H])([2H])C([2H])([2H])c7cnc(-c8[c-]cccc8)cc7C([2H])(C)C)c6)cn5)[c-]ccc4c3c2F)c([2H])c1[2H].[Ir+3]. The van der Waals surface area contributed by atoms with Crippen LogP contribution in [0, 0.1) is 24.0 Å². The molecular weight excluding hydrogens is 1030 g/mol. The molecule has 0 fully saturated rings. The van der Waals surface area contributed by atoms with E-state index in [9.17, 15) is 16.4 Å². The van der Waals surface area contributed by atoms with Crippen molar-refractivity contribution in [2.75, 3.05) is 0 Å². The van der Waals surface area contributed by atoms with Crippen molar-refractivity contribution in [2.45, 2.75) is 77.7 Å². The van der Waals surface area contributed by atoms with Crippen molar-refractivity contribution in [3.05, 3.63) is 233 Å². The maximum absolute atomic E-state index is 16.7. The third kappa shape index (κ3) is 10.4. The number of fused-ring (bicyclic) bond motifs is 3. The maximum atomic E-state index is 16.7. The molecule has 0 bridgehead atoms. The van der Waals surface area contributed by atoms with E-state index in [0.29, 0.717) is 22.5 Å². The number of nitrogens with zero attached hydrogens (tertiary/aromatic N) is 3. The van der Waals surface area contributed by atoms with Crippen LogP contribution in [0.1, 0.15) is 110 Å². The monoisotopic (exact) mass is 1100 g/mol. The van der Waals surface area contributed by atoms with E-state index in [-0.39, 0.29) is 86.7 Å². The van der Waals surface area contributed by atoms with Gasteiger partial charge >= 0.3 is 20.1 Å². The first-order chi connectivity index (χ1) is 40.5. The summed E-state index contributed by atoms with van der Waals surface area (Å²) in [5.74, 6) is -4.12. The van der Waals surface area contributed by atoms with Crippen LogP contribution in [-0.4, -0.2) is 15.0 Å². The third-order valence-corrected chi connectivity index (χ3v) is 11.1. The predicted molar refractivity (Wildman–Crippen MR) is 275 cm³/mol. The van der Waals surface area contributed by atoms with Crippen LogP contribution in [0.5, 0.6) is 0 Å². The van der Waals surface area contributed by atoms with Gasteiger partial charge in [-0.2, -0.15) is 0 Å². The standard InChI is InChI=1S/C63H53FN3O.Ir/c1-41(2)55-36-58(48-17-10-6-11-18-48)66-39-50(55)28-25-45-33-44(34-46(35-45)26-29-51-40-67-59(37-56(51)42(3)4)49-19-12-7-13-20-49)24-23-43-27-31-57(65-38-43)53-21-14-22-54-61-60(68-63(53)54)32-30-52(62(61)64)47-15-8-5-9-16-47;/h5-17,19,22,27,30-42H,23-26,28-29H2,1-4H3;/q-3;+3/i5D,8D,9D,15D,16D,23D2,24D2,25D2,26D2,28D2,29D2,41D,42D;. The number of aryl methyl sites for hydroxylation is 6. The van der Waals surface area contributed by atoms with Gasteiger partial charge in [0.05, 0.1) is 12.4 Å². The first kappa shape index (κ1) is 29.2. The number of aromatic nitrogens is 3. The molecule has 6 aromatic carbocycles. The van der Waals surface area contributed by atoms with Crippen LogP contribution in [0.15, 0.2) is 168 Å². The summed E-state index contributed by atoms with van der Waals surface area (Å²) in [6.45, 7) is 5.90. The number of halogens is 1. The molecule has 0 radical (unpaired) electrons. The van der Waals surface area contributed by atoms with Crippen LogP contribution in [0.2, 0.25) is 0 Å². The van der Waals surface area contributed by atoms with Gasteiger partial charge in [0.2, 0.25) is 0 Å². The fourth-order valence-corrected chi connectivity index (χ4v) is 7.78. The van der Waals surface area contributed by atoms with Crippen molar-refractivity contribution in [1.82, 2.24) is 15.0 Å². The summed E-state index contributed by atoms with van der Waals surface area (Å²) in [6.07, 6.45) is -16.3. The minimum absolute atomic E-state index is 0. The zero-order chi connectivity index (χ0) is 63.5. The van der Waals surface area contributed by atoms with E-state index in [4.69, 9.17) is 14.0 Å². The van der Waals surface area contributed by atoms with Gasteiger partial charge in [-0.1, -0.05) is 111 Å². The van der Waals surface area contributed by atoms with Gasteiger partial charge in [-0.05, 0) is 129 Å². The Morgan fingerprint density at radius 3 is 1.70 bits per heavy atom. The van der Waals surface area contributed by atoms with Crippen LogP contribution in [0.25, 0.3) is 66.8 Å². The Morgan fingerprint density at radius 2 is 1.16 bits per heavy atom. The van der Waals surface area contributed by atoms with Crippen molar-refractivity contribution in [3.8, 4) is 44.9 Å². The summed E-state index contributed by atoms with van der Waals surface area (Å²) in [6, 6.07) is 33.1. The number of furan rings is 1. The van der Waals surface area contributed by atoms with Crippen LogP contribution >= 0.6 is 0 Å². The van der Waals surface area contributed by atoms with Crippen LogP contribution in [0.3, 0.4) is 0 Å². The van der Waals surface area contributed by atoms with Crippen molar-refractivity contribution in [1.29, 1.82) is 0 Å². The zero-order valence-corrected chi connectivity index (χ0v) is 40.1. The second-order valence-corrected chi connectivity index (χ2v) is 16.3. The summed E-state index contributed by atoms with van der Waals surface area (Å²) in [5, 5.41) is 0.0982. The van der Waals surface area contributed by atoms with E-state index in [1.165, 1.54) is 76.2 Å². The van der Waals surface area contributed by atoms with Gasteiger partial charge in [-0.25, -0.2) is 4.39 Å². The number of benzene rings is 6. The van der Waals surface area contributed by atoms with Crippen molar-refractivity contribution >= 4 is 21.9 Å². The largest absolute Gasteiger partial charge is 3.00 e. The quantitative estimate of drug-likeness (QED) is 0.0960. The van der Waals surface area contributed by atoms with E-state index >= 15 is 4.39 Å². The van der Waals surface area contributed by atoms with Crippen molar-refractivity contribution in [2.24, 2.45) is 0 Å². The summed E-state index contributed by atoms with van der Waals surface area (Å²) in [5.41, 5.74) is -2.08. The second kappa shape index (κ2) is 21.2. The number of pyridine rings is 3. The molecule has 4 heterocycles. The van der Waals surface area contributed by atoms with Gasteiger partial charge in [-0.15, -0.1) is 90.0 Å². The minimum Gasteiger partial charge on any atom is -0.500 e. The molecule has 0 aliphatic carbocycles. The molecular formula is C63H53FIrN3O. The molecule has 0 unspecified atom stereocenters. The third-order valence-electron chi connectivity index (χ3n) is 11.1. The Kier molecular flexibility index (Phi) is 8.98. The van der Waals surface area contributed by atoms with E-state index in [0.717, 1.165) is 36.8 Å². The molecule has 0 saturated carbocycles. The molecule has 0 aliphatic heterocycles. The summed E-state index contributed by atoms with van der Waals surface area (Å²) in [7, 11) is 0. The van der Waals surface area contributed by atoms with Crippen molar-refractivity contribution < 1.29 is 55.0 Å². The van der Waals surface area contributed by atoms with E-state index in [2.05, 4.69) is 33.2 Å².